The first-order chi connectivity index (χ1) is 11.4. The Morgan fingerprint density at radius 3 is 1.96 bits per heavy atom. The zero-order valence-corrected chi connectivity index (χ0v) is 17.2. The van der Waals surface area contributed by atoms with E-state index in [1.165, 1.54) is 12.1 Å². The van der Waals surface area contributed by atoms with Gasteiger partial charge in [0, 0.05) is 5.67 Å². The topological polar surface area (TPSA) is 46.2 Å². The van der Waals surface area contributed by atoms with Crippen molar-refractivity contribution in [3.8, 4) is 0 Å². The Morgan fingerprint density at radius 2 is 1.48 bits per heavy atom. The molecule has 136 valence electrons. The summed E-state index contributed by atoms with van der Waals surface area (Å²) in [5.74, 6) is -0.333. The third-order valence-electron chi connectivity index (χ3n) is 4.52. The molecule has 2 rings (SSSR count). The van der Waals surface area contributed by atoms with Crippen LogP contribution in [0.2, 0.25) is 13.1 Å². The number of hydrogen-bond donors (Lipinski definition) is 1. The van der Waals surface area contributed by atoms with E-state index in [2.05, 4.69) is 17.8 Å². The molecule has 1 N–H and O–H groups in total. The molecule has 0 aliphatic heterocycles. The van der Waals surface area contributed by atoms with Crippen molar-refractivity contribution in [1.82, 2.24) is 4.72 Å². The van der Waals surface area contributed by atoms with E-state index in [9.17, 15) is 12.8 Å². The highest BCUT2D eigenvalue weighted by Gasteiger charge is 2.40. The van der Waals surface area contributed by atoms with E-state index in [0.29, 0.717) is 0 Å². The molecular weight excluding hydrogens is 353 g/mol. The summed E-state index contributed by atoms with van der Waals surface area (Å²) in [6.45, 7) is 9.28. The lowest BCUT2D eigenvalue weighted by Gasteiger charge is -2.36. The monoisotopic (exact) mass is 379 g/mol. The van der Waals surface area contributed by atoms with Gasteiger partial charge in [0.2, 0.25) is 10.0 Å². The minimum absolute atomic E-state index is 0.333. The predicted molar refractivity (Wildman–Crippen MR) is 105 cm³/mol. The Labute approximate surface area is 151 Å². The van der Waals surface area contributed by atoms with Crippen molar-refractivity contribution in [2.75, 3.05) is 0 Å². The normalized spacial score (nSPS) is 14.3. The third-order valence-corrected chi connectivity index (χ3v) is 10.6. The summed E-state index contributed by atoms with van der Waals surface area (Å²) in [7, 11) is -5.82. The SMILES string of the molecule is CC(C)(C)S(=O)(=O)NC(c1ccc(F)cc1)[Si](C)(C)c1ccccc1. The van der Waals surface area contributed by atoms with Gasteiger partial charge in [-0.05, 0) is 38.5 Å². The average Bonchev–Trinajstić information content (AvgIpc) is 2.53. The molecule has 0 fully saturated rings. The lowest BCUT2D eigenvalue weighted by atomic mass is 10.2. The molecule has 0 bridgehead atoms. The molecule has 6 heteroatoms. The van der Waals surface area contributed by atoms with Crippen molar-refractivity contribution in [2.24, 2.45) is 0 Å². The molecule has 25 heavy (non-hydrogen) atoms. The first-order valence-corrected chi connectivity index (χ1v) is 12.8. The highest BCUT2D eigenvalue weighted by molar-refractivity contribution is 7.90. The van der Waals surface area contributed by atoms with Crippen LogP contribution >= 0.6 is 0 Å². The Kier molecular flexibility index (Phi) is 5.56. The van der Waals surface area contributed by atoms with Gasteiger partial charge in [-0.3, -0.25) is 0 Å². The summed E-state index contributed by atoms with van der Waals surface area (Å²) >= 11 is 0. The van der Waals surface area contributed by atoms with E-state index < -0.39 is 22.8 Å². The van der Waals surface area contributed by atoms with Crippen LogP contribution < -0.4 is 9.91 Å². The molecule has 0 radical (unpaired) electrons. The van der Waals surface area contributed by atoms with Gasteiger partial charge in [-0.1, -0.05) is 60.7 Å². The van der Waals surface area contributed by atoms with Crippen molar-refractivity contribution in [3.05, 3.63) is 66.0 Å². The molecule has 3 nitrogen and oxygen atoms in total. The second kappa shape index (κ2) is 7.01. The van der Waals surface area contributed by atoms with E-state index in [-0.39, 0.29) is 11.5 Å². The van der Waals surface area contributed by atoms with Gasteiger partial charge >= 0.3 is 0 Å². The molecule has 0 saturated carbocycles. The third kappa shape index (κ3) is 4.37. The second-order valence-electron chi connectivity index (χ2n) is 7.81. The fourth-order valence-corrected chi connectivity index (χ4v) is 7.51. The second-order valence-corrected chi connectivity index (χ2v) is 14.9. The summed E-state index contributed by atoms with van der Waals surface area (Å²) in [6, 6.07) is 16.0. The van der Waals surface area contributed by atoms with Crippen molar-refractivity contribution in [2.45, 2.75) is 44.3 Å². The van der Waals surface area contributed by atoms with Crippen molar-refractivity contribution in [3.63, 3.8) is 0 Å². The number of hydrogen-bond acceptors (Lipinski definition) is 2. The molecular formula is C19H26FNO2SSi. The molecule has 1 unspecified atom stereocenters. The average molecular weight is 380 g/mol. The Hall–Kier alpha value is -1.50. The molecule has 1 atom stereocenters. The number of nitrogens with one attached hydrogen (secondary N) is 1. The maximum atomic E-state index is 13.4. The minimum Gasteiger partial charge on any atom is -0.212 e. The van der Waals surface area contributed by atoms with Gasteiger partial charge in [0.25, 0.3) is 0 Å². The maximum Gasteiger partial charge on any atom is 0.216 e. The van der Waals surface area contributed by atoms with Crippen molar-refractivity contribution in [1.29, 1.82) is 0 Å². The van der Waals surface area contributed by atoms with E-state index >= 15 is 0 Å². The van der Waals surface area contributed by atoms with Crippen LogP contribution in [-0.2, 0) is 10.0 Å². The summed E-state index contributed by atoms with van der Waals surface area (Å²) in [5.41, 5.74) is 0.398. The summed E-state index contributed by atoms with van der Waals surface area (Å²) < 4.78 is 41.0. The maximum absolute atomic E-state index is 13.4. The van der Waals surface area contributed by atoms with E-state index in [0.717, 1.165) is 10.8 Å². The number of halogens is 1. The zero-order chi connectivity index (χ0) is 18.9. The number of rotatable bonds is 5. The minimum atomic E-state index is -3.56. The van der Waals surface area contributed by atoms with Gasteiger partial charge in [0.15, 0.2) is 0 Å². The van der Waals surface area contributed by atoms with Gasteiger partial charge < -0.3 is 0 Å². The van der Waals surface area contributed by atoms with Gasteiger partial charge in [-0.15, -0.1) is 0 Å². The molecule has 0 aliphatic carbocycles. The molecule has 0 spiro atoms. The fraction of sp³-hybridized carbons (Fsp3) is 0.368. The quantitative estimate of drug-likeness (QED) is 0.805. The van der Waals surface area contributed by atoms with E-state index in [4.69, 9.17) is 0 Å². The van der Waals surface area contributed by atoms with Crippen LogP contribution in [0, 0.1) is 5.82 Å². The van der Waals surface area contributed by atoms with Gasteiger partial charge in [-0.2, -0.15) is 0 Å². The van der Waals surface area contributed by atoms with Gasteiger partial charge in [-0.25, -0.2) is 17.5 Å². The first kappa shape index (κ1) is 19.8. The number of sulfonamides is 1. The van der Waals surface area contributed by atoms with Crippen LogP contribution in [-0.4, -0.2) is 21.2 Å². The highest BCUT2D eigenvalue weighted by atomic mass is 32.2. The van der Waals surface area contributed by atoms with Crippen LogP contribution in [0.25, 0.3) is 0 Å². The largest absolute Gasteiger partial charge is 0.216 e. The molecule has 2 aromatic carbocycles. The van der Waals surface area contributed by atoms with Crippen LogP contribution in [0.15, 0.2) is 54.6 Å². The smallest absolute Gasteiger partial charge is 0.212 e. The lowest BCUT2D eigenvalue weighted by molar-refractivity contribution is 0.541. The standard InChI is InChI=1S/C19H26FNO2SSi/c1-19(2,3)24(22,23)21-18(15-11-13-16(20)14-12-15)25(4,5)17-9-7-6-8-10-17/h6-14,18,21H,1-5H3. The van der Waals surface area contributed by atoms with Gasteiger partial charge in [0.1, 0.15) is 13.9 Å². The molecule has 2 aromatic rings. The zero-order valence-electron chi connectivity index (χ0n) is 15.4. The van der Waals surface area contributed by atoms with Crippen LogP contribution in [0.4, 0.5) is 4.39 Å². The molecule has 0 saturated heterocycles. The van der Waals surface area contributed by atoms with E-state index in [1.54, 1.807) is 32.9 Å². The molecule has 0 amide bonds. The highest BCUT2D eigenvalue weighted by Crippen LogP contribution is 2.28. The Bertz CT molecular complexity index is 813. The van der Waals surface area contributed by atoms with E-state index in [1.807, 2.05) is 30.3 Å². The summed E-state index contributed by atoms with van der Waals surface area (Å²) in [5, 5.41) is 1.14. The summed E-state index contributed by atoms with van der Waals surface area (Å²) in [6.07, 6.45) is 0. The number of benzene rings is 2. The molecule has 0 heterocycles. The molecule has 0 aliphatic rings. The van der Waals surface area contributed by atoms with Crippen LogP contribution in [0.1, 0.15) is 32.0 Å². The molecule has 0 aromatic heterocycles. The van der Waals surface area contributed by atoms with Gasteiger partial charge in [0.05, 0.1) is 4.75 Å². The van der Waals surface area contributed by atoms with Crippen molar-refractivity contribution >= 4 is 23.3 Å². The van der Waals surface area contributed by atoms with Crippen LogP contribution in [0.5, 0.6) is 0 Å². The Morgan fingerprint density at radius 1 is 0.960 bits per heavy atom. The van der Waals surface area contributed by atoms with Crippen molar-refractivity contribution < 1.29 is 12.8 Å². The fourth-order valence-electron chi connectivity index (χ4n) is 2.65. The van der Waals surface area contributed by atoms with Crippen LogP contribution in [0.3, 0.4) is 0 Å². The predicted octanol–water partition coefficient (Wildman–Crippen LogP) is 3.74. The lowest BCUT2D eigenvalue weighted by Crippen LogP contribution is -2.56. The first-order valence-electron chi connectivity index (χ1n) is 8.28. The Balaban J connectivity index is 2.55. The summed E-state index contributed by atoms with van der Waals surface area (Å²) in [4.78, 5) is 0.